The van der Waals surface area contributed by atoms with Gasteiger partial charge >= 0.3 is 21.7 Å². The number of hydrogen-bond acceptors (Lipinski definition) is 6. The normalized spacial score (nSPS) is 8.76. The number of benzene rings is 2. The van der Waals surface area contributed by atoms with Crippen LogP contribution in [0.2, 0.25) is 0 Å². The van der Waals surface area contributed by atoms with Gasteiger partial charge in [-0.15, -0.1) is 0 Å². The Hall–Kier alpha value is -2.31. The monoisotopic (exact) mass is 320 g/mol. The molecule has 0 amide bonds. The van der Waals surface area contributed by atoms with E-state index in [1.165, 1.54) is 48.5 Å². The molecule has 2 aromatic carbocycles. The first kappa shape index (κ1) is 18.7. The first-order chi connectivity index (χ1) is 9.43. The van der Waals surface area contributed by atoms with Crippen LogP contribution in [0.4, 0.5) is 0 Å². The molecule has 6 nitrogen and oxygen atoms in total. The zero-order chi connectivity index (χ0) is 15.1. The molecule has 21 heavy (non-hydrogen) atoms. The van der Waals surface area contributed by atoms with Crippen molar-refractivity contribution in [1.82, 2.24) is 0 Å². The van der Waals surface area contributed by atoms with Gasteiger partial charge in [0.2, 0.25) is 0 Å². The maximum atomic E-state index is 10.6. The van der Waals surface area contributed by atoms with E-state index in [1.807, 2.05) is 0 Å². The smallest absolute Gasteiger partial charge is 0.872 e. The summed E-state index contributed by atoms with van der Waals surface area (Å²) < 4.78 is 0. The summed E-state index contributed by atoms with van der Waals surface area (Å²) in [5, 5.41) is 41.5. The molecular formula is C14H8O6Ti. The molecular weight excluding hydrogens is 312 g/mol. The Bertz CT molecular complexity index is 571. The van der Waals surface area contributed by atoms with Crippen LogP contribution < -0.4 is 20.4 Å². The van der Waals surface area contributed by atoms with Crippen molar-refractivity contribution in [3.05, 3.63) is 59.7 Å². The van der Waals surface area contributed by atoms with Gasteiger partial charge in [-0.2, -0.15) is 0 Å². The fraction of sp³-hybridized carbons (Fsp3) is 0. The van der Waals surface area contributed by atoms with Crippen molar-refractivity contribution in [2.24, 2.45) is 0 Å². The zero-order valence-corrected chi connectivity index (χ0v) is 12.1. The minimum absolute atomic E-state index is 0. The first-order valence-corrected chi connectivity index (χ1v) is 5.38. The van der Waals surface area contributed by atoms with Gasteiger partial charge in [-0.05, 0) is 11.1 Å². The molecule has 0 aliphatic rings. The van der Waals surface area contributed by atoms with Crippen LogP contribution in [-0.2, 0) is 21.7 Å². The van der Waals surface area contributed by atoms with Crippen molar-refractivity contribution < 1.29 is 51.7 Å². The summed E-state index contributed by atoms with van der Waals surface area (Å²) in [5.41, 5.74) is -0.579. The van der Waals surface area contributed by atoms with E-state index in [2.05, 4.69) is 0 Å². The van der Waals surface area contributed by atoms with Gasteiger partial charge in [0.15, 0.2) is 0 Å². The van der Waals surface area contributed by atoms with Gasteiger partial charge < -0.3 is 30.0 Å². The molecule has 7 heteroatoms. The molecule has 104 valence electrons. The molecule has 0 aliphatic carbocycles. The first-order valence-electron chi connectivity index (χ1n) is 5.38. The summed E-state index contributed by atoms with van der Waals surface area (Å²) in [4.78, 5) is 20.2. The summed E-state index contributed by atoms with van der Waals surface area (Å²) in [5.74, 6) is -3.87. The Morgan fingerprint density at radius 2 is 0.952 bits per heavy atom. The largest absolute Gasteiger partial charge is 4.00 e. The summed E-state index contributed by atoms with van der Waals surface area (Å²) in [6.45, 7) is 0. The van der Waals surface area contributed by atoms with Crippen LogP contribution in [-0.4, -0.2) is 11.9 Å². The van der Waals surface area contributed by atoms with Crippen LogP contribution in [0, 0.1) is 0 Å². The Morgan fingerprint density at radius 3 is 1.14 bits per heavy atom. The SMILES string of the molecule is O=C([O-])c1ccccc1[O-].O=C([O-])c1ccccc1[O-].[Ti+4]. The van der Waals surface area contributed by atoms with Crippen molar-refractivity contribution in [2.75, 3.05) is 0 Å². The quantitative estimate of drug-likeness (QED) is 0.604. The number of carboxylic acids is 2. The standard InChI is InChI=1S/2C7H6O3.Ti/c2*8-6-4-2-1-3-5(6)7(9)10;/h2*1-4,8H,(H,9,10);/q;;+4/p-4. The van der Waals surface area contributed by atoms with E-state index in [4.69, 9.17) is 0 Å². The molecule has 0 aliphatic heterocycles. The third-order valence-electron chi connectivity index (χ3n) is 2.21. The van der Waals surface area contributed by atoms with E-state index in [1.54, 1.807) is 0 Å². The Labute approximate surface area is 135 Å². The molecule has 0 unspecified atom stereocenters. The zero-order valence-electron chi connectivity index (χ0n) is 10.6. The Kier molecular flexibility index (Phi) is 7.82. The molecule has 0 radical (unpaired) electrons. The van der Waals surface area contributed by atoms with Crippen LogP contribution in [0.3, 0.4) is 0 Å². The summed E-state index contributed by atoms with van der Waals surface area (Å²) >= 11 is 0. The number of carbonyl (C=O) groups excluding carboxylic acids is 2. The van der Waals surface area contributed by atoms with E-state index >= 15 is 0 Å². The van der Waals surface area contributed by atoms with Gasteiger partial charge in [-0.1, -0.05) is 60.0 Å². The number of para-hydroxylation sites is 2. The predicted molar refractivity (Wildman–Crippen MR) is 60.4 cm³/mol. The van der Waals surface area contributed by atoms with Crippen LogP contribution in [0.25, 0.3) is 0 Å². The van der Waals surface area contributed by atoms with Gasteiger partial charge in [0.25, 0.3) is 0 Å². The maximum absolute atomic E-state index is 10.6. The summed E-state index contributed by atoms with van der Waals surface area (Å²) in [6.07, 6.45) is 0. The molecule has 2 aromatic rings. The molecule has 0 bridgehead atoms. The average Bonchev–Trinajstić information content (AvgIpc) is 2.40. The van der Waals surface area contributed by atoms with E-state index in [-0.39, 0.29) is 32.8 Å². The van der Waals surface area contributed by atoms with Crippen LogP contribution in [0.5, 0.6) is 11.5 Å². The van der Waals surface area contributed by atoms with Gasteiger partial charge in [0.05, 0.1) is 11.9 Å². The number of aromatic carboxylic acids is 2. The molecule has 0 spiro atoms. The molecule has 0 aromatic heterocycles. The van der Waals surface area contributed by atoms with E-state index in [9.17, 15) is 30.0 Å². The second-order valence-corrected chi connectivity index (χ2v) is 3.57. The van der Waals surface area contributed by atoms with Gasteiger partial charge in [0.1, 0.15) is 0 Å². The van der Waals surface area contributed by atoms with Crippen LogP contribution in [0.15, 0.2) is 48.5 Å². The number of rotatable bonds is 2. The van der Waals surface area contributed by atoms with E-state index in [0.717, 1.165) is 0 Å². The molecule has 0 N–H and O–H groups in total. The topological polar surface area (TPSA) is 126 Å². The molecule has 0 atom stereocenters. The van der Waals surface area contributed by atoms with Crippen LogP contribution >= 0.6 is 0 Å². The maximum Gasteiger partial charge on any atom is 4.00 e. The molecule has 2 rings (SSSR count). The second-order valence-electron chi connectivity index (χ2n) is 3.57. The van der Waals surface area contributed by atoms with Crippen molar-refractivity contribution in [1.29, 1.82) is 0 Å². The van der Waals surface area contributed by atoms with E-state index in [0.29, 0.717) is 0 Å². The number of carbonyl (C=O) groups is 2. The van der Waals surface area contributed by atoms with Gasteiger partial charge in [-0.3, -0.25) is 0 Å². The van der Waals surface area contributed by atoms with Crippen molar-refractivity contribution >= 4 is 11.9 Å². The Morgan fingerprint density at radius 1 is 0.667 bits per heavy atom. The van der Waals surface area contributed by atoms with Crippen molar-refractivity contribution in [3.63, 3.8) is 0 Å². The third kappa shape index (κ3) is 5.68. The van der Waals surface area contributed by atoms with Gasteiger partial charge in [-0.25, -0.2) is 0 Å². The van der Waals surface area contributed by atoms with Crippen molar-refractivity contribution in [2.45, 2.75) is 0 Å². The second kappa shape index (κ2) is 8.78. The Balaban J connectivity index is 0.000000364. The summed E-state index contributed by atoms with van der Waals surface area (Å²) in [7, 11) is 0. The minimum atomic E-state index is -1.43. The summed E-state index contributed by atoms with van der Waals surface area (Å²) in [6, 6.07) is 10.7. The molecule has 0 saturated heterocycles. The molecule has 0 fully saturated rings. The average molecular weight is 320 g/mol. The third-order valence-corrected chi connectivity index (χ3v) is 2.21. The molecule has 0 saturated carbocycles. The minimum Gasteiger partial charge on any atom is -0.872 e. The predicted octanol–water partition coefficient (Wildman–Crippen LogP) is -1.76. The number of carboxylic acid groups (broad SMARTS) is 2. The fourth-order valence-electron chi connectivity index (χ4n) is 1.27. The fourth-order valence-corrected chi connectivity index (χ4v) is 1.27. The number of hydrogen-bond donors (Lipinski definition) is 0. The van der Waals surface area contributed by atoms with E-state index < -0.39 is 23.4 Å². The molecule has 0 heterocycles. The van der Waals surface area contributed by atoms with Gasteiger partial charge in [0, 0.05) is 0 Å². The van der Waals surface area contributed by atoms with Crippen molar-refractivity contribution in [3.8, 4) is 11.5 Å². The van der Waals surface area contributed by atoms with Crippen LogP contribution in [0.1, 0.15) is 20.7 Å².